The number of methoxy groups -OCH3 is 1. The number of anilines is 1. The molecule has 0 amide bonds. The van der Waals surface area contributed by atoms with Gasteiger partial charge in [-0.15, -0.1) is 0 Å². The number of hydrogen-bond donors (Lipinski definition) is 1. The third-order valence-electron chi connectivity index (χ3n) is 6.17. The Kier molecular flexibility index (Phi) is 7.40. The Morgan fingerprint density at radius 1 is 1.03 bits per heavy atom. The molecule has 0 unspecified atom stereocenters. The summed E-state index contributed by atoms with van der Waals surface area (Å²) >= 11 is 0. The van der Waals surface area contributed by atoms with E-state index in [0.29, 0.717) is 5.75 Å². The molecule has 1 heterocycles. The Hall–Kier alpha value is -3.48. The zero-order valence-electron chi connectivity index (χ0n) is 19.5. The van der Waals surface area contributed by atoms with E-state index in [4.69, 9.17) is 4.74 Å². The summed E-state index contributed by atoms with van der Waals surface area (Å²) in [5, 5.41) is 9.51. The first kappa shape index (κ1) is 23.7. The number of benzene rings is 3. The number of hydrogen-bond acceptors (Lipinski definition) is 5. The molecule has 176 valence electrons. The number of piperazine rings is 1. The summed E-state index contributed by atoms with van der Waals surface area (Å²) in [7, 11) is 3.57. The maximum atomic E-state index is 14.4. The van der Waals surface area contributed by atoms with Crippen molar-refractivity contribution in [1.29, 1.82) is 0 Å². The van der Waals surface area contributed by atoms with E-state index in [0.717, 1.165) is 54.1 Å². The molecule has 0 radical (unpaired) electrons. The van der Waals surface area contributed by atoms with Crippen LogP contribution >= 0.6 is 0 Å². The minimum absolute atomic E-state index is 0.00463. The highest BCUT2D eigenvalue weighted by molar-refractivity contribution is 6.07. The van der Waals surface area contributed by atoms with Crippen molar-refractivity contribution in [3.05, 3.63) is 89.2 Å². The van der Waals surface area contributed by atoms with E-state index >= 15 is 0 Å². The van der Waals surface area contributed by atoms with E-state index in [-0.39, 0.29) is 12.2 Å². The first-order valence-electron chi connectivity index (χ1n) is 11.3. The number of carbonyl (C=O) groups is 1. The van der Waals surface area contributed by atoms with Crippen LogP contribution in [0.5, 0.6) is 5.75 Å². The van der Waals surface area contributed by atoms with Gasteiger partial charge in [0.05, 0.1) is 19.3 Å². The van der Waals surface area contributed by atoms with Crippen molar-refractivity contribution < 1.29 is 19.0 Å². The van der Waals surface area contributed by atoms with Gasteiger partial charge >= 0.3 is 0 Å². The molecule has 6 heteroatoms. The summed E-state index contributed by atoms with van der Waals surface area (Å²) in [5.41, 5.74) is 4.73. The number of likely N-dealkylation sites (N-methyl/N-ethyl adjacent to an activating group) is 1. The smallest absolute Gasteiger partial charge is 0.188 e. The molecule has 1 aliphatic rings. The Labute approximate surface area is 199 Å². The molecule has 0 aromatic heterocycles. The highest BCUT2D eigenvalue weighted by atomic mass is 19.1. The second-order valence-electron chi connectivity index (χ2n) is 8.47. The molecule has 1 N–H and O–H groups in total. The SMILES string of the molecule is COc1ccc(C(=O)/C=C/c2cc(-c3cccc(CO)c3)ccc2N2CCN(C)CC2)c(F)c1. The summed E-state index contributed by atoms with van der Waals surface area (Å²) < 4.78 is 19.4. The molecule has 34 heavy (non-hydrogen) atoms. The highest BCUT2D eigenvalue weighted by Gasteiger charge is 2.17. The molecule has 0 bridgehead atoms. The zero-order valence-corrected chi connectivity index (χ0v) is 19.5. The van der Waals surface area contributed by atoms with Crippen molar-refractivity contribution in [3.63, 3.8) is 0 Å². The second-order valence-corrected chi connectivity index (χ2v) is 8.47. The van der Waals surface area contributed by atoms with Gasteiger partial charge in [0, 0.05) is 37.9 Å². The van der Waals surface area contributed by atoms with Crippen molar-refractivity contribution in [3.8, 4) is 16.9 Å². The molecule has 3 aromatic rings. The third-order valence-corrected chi connectivity index (χ3v) is 6.17. The van der Waals surface area contributed by atoms with Crippen LogP contribution in [0.4, 0.5) is 10.1 Å². The summed E-state index contributed by atoms with van der Waals surface area (Å²) in [6.07, 6.45) is 3.19. The van der Waals surface area contributed by atoms with Crippen molar-refractivity contribution in [2.75, 3.05) is 45.2 Å². The summed E-state index contributed by atoms with van der Waals surface area (Å²) in [4.78, 5) is 17.4. The molecule has 4 rings (SSSR count). The lowest BCUT2D eigenvalue weighted by Crippen LogP contribution is -2.44. The van der Waals surface area contributed by atoms with Crippen LogP contribution in [-0.2, 0) is 6.61 Å². The number of halogens is 1. The van der Waals surface area contributed by atoms with E-state index in [2.05, 4.69) is 29.0 Å². The lowest BCUT2D eigenvalue weighted by Gasteiger charge is -2.35. The number of ether oxygens (including phenoxy) is 1. The highest BCUT2D eigenvalue weighted by Crippen LogP contribution is 2.30. The van der Waals surface area contributed by atoms with Crippen LogP contribution in [0.25, 0.3) is 17.2 Å². The fourth-order valence-electron chi connectivity index (χ4n) is 4.13. The number of carbonyl (C=O) groups excluding carboxylic acids is 1. The van der Waals surface area contributed by atoms with Gasteiger partial charge in [-0.05, 0) is 71.8 Å². The largest absolute Gasteiger partial charge is 0.497 e. The molecule has 3 aromatic carbocycles. The lowest BCUT2D eigenvalue weighted by molar-refractivity contribution is 0.104. The van der Waals surface area contributed by atoms with Crippen LogP contribution in [0, 0.1) is 5.82 Å². The maximum Gasteiger partial charge on any atom is 0.188 e. The van der Waals surface area contributed by atoms with Gasteiger partial charge in [0.1, 0.15) is 11.6 Å². The molecule has 0 saturated carbocycles. The molecule has 1 fully saturated rings. The molecular formula is C28H29FN2O3. The molecule has 0 atom stereocenters. The van der Waals surface area contributed by atoms with Crippen molar-refractivity contribution >= 4 is 17.5 Å². The van der Waals surface area contributed by atoms with Crippen molar-refractivity contribution in [1.82, 2.24) is 4.90 Å². The molecule has 1 aliphatic heterocycles. The first-order chi connectivity index (χ1) is 16.5. The number of aliphatic hydroxyl groups is 1. The molecule has 5 nitrogen and oxygen atoms in total. The maximum absolute atomic E-state index is 14.4. The molecular weight excluding hydrogens is 431 g/mol. The van der Waals surface area contributed by atoms with Crippen molar-refractivity contribution in [2.24, 2.45) is 0 Å². The van der Waals surface area contributed by atoms with E-state index in [9.17, 15) is 14.3 Å². The van der Waals surface area contributed by atoms with Crippen LogP contribution in [0.15, 0.2) is 66.7 Å². The molecule has 0 aliphatic carbocycles. The minimum Gasteiger partial charge on any atom is -0.497 e. The van der Waals surface area contributed by atoms with E-state index < -0.39 is 11.6 Å². The summed E-state index contributed by atoms with van der Waals surface area (Å²) in [6, 6.07) is 18.2. The van der Waals surface area contributed by atoms with Gasteiger partial charge in [-0.3, -0.25) is 4.79 Å². The number of allylic oxidation sites excluding steroid dienone is 1. The van der Waals surface area contributed by atoms with Crippen LogP contribution in [-0.4, -0.2) is 56.1 Å². The number of rotatable bonds is 7. The average Bonchev–Trinajstić information content (AvgIpc) is 2.87. The van der Waals surface area contributed by atoms with Gasteiger partial charge in [-0.1, -0.05) is 24.3 Å². The lowest BCUT2D eigenvalue weighted by atomic mass is 9.98. The van der Waals surface area contributed by atoms with Crippen LogP contribution in [0.3, 0.4) is 0 Å². The Balaban J connectivity index is 1.69. The van der Waals surface area contributed by atoms with Gasteiger partial charge < -0.3 is 19.6 Å². The zero-order chi connectivity index (χ0) is 24.1. The van der Waals surface area contributed by atoms with Crippen LogP contribution in [0.2, 0.25) is 0 Å². The average molecular weight is 461 g/mol. The second kappa shape index (κ2) is 10.6. The Morgan fingerprint density at radius 2 is 1.79 bits per heavy atom. The van der Waals surface area contributed by atoms with Gasteiger partial charge in [-0.25, -0.2) is 4.39 Å². The monoisotopic (exact) mass is 460 g/mol. The first-order valence-corrected chi connectivity index (χ1v) is 11.3. The van der Waals surface area contributed by atoms with Crippen LogP contribution in [0.1, 0.15) is 21.5 Å². The summed E-state index contributed by atoms with van der Waals surface area (Å²) in [6.45, 7) is 3.66. The van der Waals surface area contributed by atoms with E-state index in [1.807, 2.05) is 30.3 Å². The van der Waals surface area contributed by atoms with Gasteiger partial charge in [0.25, 0.3) is 0 Å². The fourth-order valence-corrected chi connectivity index (χ4v) is 4.13. The predicted octanol–water partition coefficient (Wildman–Crippen LogP) is 4.64. The predicted molar refractivity (Wildman–Crippen MR) is 134 cm³/mol. The standard InChI is InChI=1S/C28H29FN2O3/c1-30-12-14-31(15-13-30)27-10-6-22(21-5-3-4-20(16-21)19-32)17-23(27)7-11-28(33)25-9-8-24(34-2)18-26(25)29/h3-11,16-18,32H,12-15,19H2,1-2H3/b11-7+. The fraction of sp³-hybridized carbons (Fsp3) is 0.250. The number of aliphatic hydroxyl groups excluding tert-OH is 1. The quantitative estimate of drug-likeness (QED) is 0.411. The van der Waals surface area contributed by atoms with Gasteiger partial charge in [0.2, 0.25) is 0 Å². The third kappa shape index (κ3) is 5.35. The number of ketones is 1. The summed E-state index contributed by atoms with van der Waals surface area (Å²) in [5.74, 6) is -0.645. The van der Waals surface area contributed by atoms with E-state index in [1.54, 1.807) is 12.1 Å². The van der Waals surface area contributed by atoms with Crippen molar-refractivity contribution in [2.45, 2.75) is 6.61 Å². The van der Waals surface area contributed by atoms with Gasteiger partial charge in [0.15, 0.2) is 5.78 Å². The molecule has 1 saturated heterocycles. The van der Waals surface area contributed by atoms with Gasteiger partial charge in [-0.2, -0.15) is 0 Å². The topological polar surface area (TPSA) is 53.0 Å². The van der Waals surface area contributed by atoms with E-state index in [1.165, 1.54) is 25.3 Å². The molecule has 0 spiro atoms. The Morgan fingerprint density at radius 3 is 2.50 bits per heavy atom. The minimum atomic E-state index is -0.608. The number of nitrogens with zero attached hydrogens (tertiary/aromatic N) is 2. The Bertz CT molecular complexity index is 1200. The van der Waals surface area contributed by atoms with Crippen LogP contribution < -0.4 is 9.64 Å². The normalized spacial score (nSPS) is 14.5.